The van der Waals surface area contributed by atoms with Crippen molar-refractivity contribution in [2.24, 2.45) is 22.1 Å². The first-order valence-electron chi connectivity index (χ1n) is 11.2. The molecule has 2 amide bonds. The van der Waals surface area contributed by atoms with Gasteiger partial charge in [-0.25, -0.2) is 4.79 Å². The molecule has 5 aliphatic rings. The Bertz CT molecular complexity index is 771. The number of carbonyl (C=O) groups excluding carboxylic acids is 2. The van der Waals surface area contributed by atoms with E-state index < -0.39 is 11.3 Å². The molecule has 7 heteroatoms. The lowest BCUT2D eigenvalue weighted by Gasteiger charge is -2.62. The highest BCUT2D eigenvalue weighted by Crippen LogP contribution is 2.57. The van der Waals surface area contributed by atoms with E-state index in [4.69, 9.17) is 11.2 Å². The summed E-state index contributed by atoms with van der Waals surface area (Å²) in [5.41, 5.74) is -1.44. The van der Waals surface area contributed by atoms with Gasteiger partial charge in [-0.2, -0.15) is 10.2 Å². The van der Waals surface area contributed by atoms with E-state index in [1.165, 1.54) is 6.42 Å². The van der Waals surface area contributed by atoms with E-state index in [0.29, 0.717) is 31.1 Å². The summed E-state index contributed by atoms with van der Waals surface area (Å²) in [6.45, 7) is 5.63. The molecule has 0 aromatic rings. The van der Waals surface area contributed by atoms with Crippen molar-refractivity contribution in [1.82, 2.24) is 10.6 Å². The fraction of sp³-hybridized carbons (Fsp3) is 0.826. The number of terminal acetylenes is 1. The highest BCUT2D eigenvalue weighted by molar-refractivity contribution is 5.77. The van der Waals surface area contributed by atoms with Crippen LogP contribution < -0.4 is 10.6 Å². The molecule has 0 saturated heterocycles. The average molecular weight is 415 g/mol. The van der Waals surface area contributed by atoms with Crippen LogP contribution in [-0.2, 0) is 9.53 Å². The van der Waals surface area contributed by atoms with Gasteiger partial charge in [-0.3, -0.25) is 4.79 Å². The Labute approximate surface area is 179 Å². The largest absolute Gasteiger partial charge is 0.444 e. The Balaban J connectivity index is 1.37. The number of nitrogens with one attached hydrogen (secondary N) is 2. The molecule has 4 aliphatic carbocycles. The van der Waals surface area contributed by atoms with Crippen LogP contribution >= 0.6 is 0 Å². The highest BCUT2D eigenvalue weighted by Gasteiger charge is 2.59. The maximum atomic E-state index is 12.8. The van der Waals surface area contributed by atoms with Crippen molar-refractivity contribution in [3.05, 3.63) is 0 Å². The van der Waals surface area contributed by atoms with Crippen molar-refractivity contribution >= 4 is 12.0 Å². The van der Waals surface area contributed by atoms with Gasteiger partial charge in [-0.15, -0.1) is 12.3 Å². The standard InChI is InChI=1S/C23H34N4O3/c1-5-6-8-23(26-27-23)9-7-18(28)24-21-11-16-10-17(12-21)14-22(13-16,15-21)25-19(29)30-20(2,3)4/h1,16-17H,6-15H2,2-4H3,(H,24,28)(H,25,29). The molecule has 4 saturated carbocycles. The van der Waals surface area contributed by atoms with Crippen molar-refractivity contribution < 1.29 is 14.3 Å². The summed E-state index contributed by atoms with van der Waals surface area (Å²) in [6.07, 6.45) is 13.3. The van der Waals surface area contributed by atoms with Crippen molar-refractivity contribution in [3.8, 4) is 12.3 Å². The fourth-order valence-corrected chi connectivity index (χ4v) is 6.42. The summed E-state index contributed by atoms with van der Waals surface area (Å²) in [6, 6.07) is 0. The van der Waals surface area contributed by atoms with Crippen molar-refractivity contribution in [2.45, 2.75) is 107 Å². The van der Waals surface area contributed by atoms with Crippen molar-refractivity contribution in [1.29, 1.82) is 0 Å². The van der Waals surface area contributed by atoms with Crippen LogP contribution in [0.3, 0.4) is 0 Å². The second-order valence-corrected chi connectivity index (χ2v) is 11.1. The number of hydrogen-bond acceptors (Lipinski definition) is 5. The second-order valence-electron chi connectivity index (χ2n) is 11.1. The molecule has 2 unspecified atom stereocenters. The van der Waals surface area contributed by atoms with Gasteiger partial charge in [0.2, 0.25) is 5.91 Å². The van der Waals surface area contributed by atoms with E-state index in [1.807, 2.05) is 20.8 Å². The molecule has 0 aromatic heterocycles. The number of amides is 2. The molecule has 0 aromatic carbocycles. The molecule has 164 valence electrons. The Kier molecular flexibility index (Phi) is 5.11. The normalized spacial score (nSPS) is 34.9. The number of hydrogen-bond donors (Lipinski definition) is 2. The summed E-state index contributed by atoms with van der Waals surface area (Å²) in [4.78, 5) is 25.4. The van der Waals surface area contributed by atoms with E-state index in [9.17, 15) is 9.59 Å². The van der Waals surface area contributed by atoms with Crippen LogP contribution in [0.1, 0.15) is 85.0 Å². The first kappa shape index (κ1) is 21.1. The minimum absolute atomic E-state index is 0.0572. The molecule has 2 N–H and O–H groups in total. The van der Waals surface area contributed by atoms with Crippen LogP contribution in [0.4, 0.5) is 4.79 Å². The molecule has 4 fully saturated rings. The first-order chi connectivity index (χ1) is 14.0. The van der Waals surface area contributed by atoms with Gasteiger partial charge in [0.15, 0.2) is 5.66 Å². The van der Waals surface area contributed by atoms with Crippen molar-refractivity contribution in [2.75, 3.05) is 0 Å². The lowest BCUT2D eigenvalue weighted by atomic mass is 9.50. The molecular weight excluding hydrogens is 380 g/mol. The van der Waals surface area contributed by atoms with Gasteiger partial charge >= 0.3 is 6.09 Å². The highest BCUT2D eigenvalue weighted by atomic mass is 16.6. The summed E-state index contributed by atoms with van der Waals surface area (Å²) >= 11 is 0. The van der Waals surface area contributed by atoms with Crippen LogP contribution in [0.5, 0.6) is 0 Å². The fourth-order valence-electron chi connectivity index (χ4n) is 6.42. The minimum Gasteiger partial charge on any atom is -0.444 e. The van der Waals surface area contributed by atoms with E-state index in [-0.39, 0.29) is 23.1 Å². The number of alkyl carbamates (subject to hydrolysis) is 1. The third-order valence-corrected chi connectivity index (χ3v) is 7.04. The predicted molar refractivity (Wildman–Crippen MR) is 113 cm³/mol. The summed E-state index contributed by atoms with van der Waals surface area (Å²) in [7, 11) is 0. The maximum absolute atomic E-state index is 12.8. The lowest BCUT2D eigenvalue weighted by Crippen LogP contribution is -2.70. The SMILES string of the molecule is C#CCCC1(CCC(=O)NC23CC4CC(C2)CC(NC(=O)OC(C)(C)C)(C4)C3)N=N1. The Morgan fingerprint density at radius 3 is 2.20 bits per heavy atom. The number of nitrogens with zero attached hydrogens (tertiary/aromatic N) is 2. The number of carbonyl (C=O) groups is 2. The van der Waals surface area contributed by atoms with Gasteiger partial charge in [-0.1, -0.05) is 0 Å². The van der Waals surface area contributed by atoms with E-state index in [2.05, 4.69) is 26.8 Å². The van der Waals surface area contributed by atoms with Gasteiger partial charge in [0.05, 0.1) is 0 Å². The lowest BCUT2D eigenvalue weighted by molar-refractivity contribution is -0.128. The zero-order valence-corrected chi connectivity index (χ0v) is 18.4. The molecule has 1 heterocycles. The summed E-state index contributed by atoms with van der Waals surface area (Å²) in [5.74, 6) is 3.76. The molecule has 5 rings (SSSR count). The second kappa shape index (κ2) is 7.25. The number of ether oxygens (including phenoxy) is 1. The van der Waals surface area contributed by atoms with E-state index in [0.717, 1.165) is 38.5 Å². The molecule has 0 radical (unpaired) electrons. The van der Waals surface area contributed by atoms with E-state index in [1.54, 1.807) is 0 Å². The topological polar surface area (TPSA) is 92.2 Å². The summed E-state index contributed by atoms with van der Waals surface area (Å²) < 4.78 is 5.53. The van der Waals surface area contributed by atoms with E-state index >= 15 is 0 Å². The maximum Gasteiger partial charge on any atom is 0.408 e. The van der Waals surface area contributed by atoms with Gasteiger partial charge in [-0.05, 0) is 71.1 Å². The third-order valence-electron chi connectivity index (χ3n) is 7.04. The molecule has 30 heavy (non-hydrogen) atoms. The molecule has 4 bridgehead atoms. The quantitative estimate of drug-likeness (QED) is 0.615. The Hall–Kier alpha value is -2.10. The predicted octanol–water partition coefficient (Wildman–Crippen LogP) is 4.07. The van der Waals surface area contributed by atoms with Gasteiger partial charge in [0.25, 0.3) is 0 Å². The number of rotatable bonds is 7. The zero-order valence-electron chi connectivity index (χ0n) is 18.4. The first-order valence-corrected chi connectivity index (χ1v) is 11.2. The smallest absolute Gasteiger partial charge is 0.408 e. The Morgan fingerprint density at radius 1 is 1.07 bits per heavy atom. The Morgan fingerprint density at radius 2 is 1.67 bits per heavy atom. The van der Waals surface area contributed by atoms with Crippen LogP contribution in [-0.4, -0.2) is 34.3 Å². The van der Waals surface area contributed by atoms with Gasteiger partial charge in [0, 0.05) is 36.8 Å². The average Bonchev–Trinajstić information content (AvgIpc) is 3.34. The summed E-state index contributed by atoms with van der Waals surface area (Å²) in [5, 5.41) is 14.8. The van der Waals surface area contributed by atoms with Crippen LogP contribution in [0.15, 0.2) is 10.2 Å². The molecular formula is C23H34N4O3. The molecule has 1 aliphatic heterocycles. The van der Waals surface area contributed by atoms with Crippen molar-refractivity contribution in [3.63, 3.8) is 0 Å². The monoisotopic (exact) mass is 414 g/mol. The van der Waals surface area contributed by atoms with Gasteiger partial charge < -0.3 is 15.4 Å². The van der Waals surface area contributed by atoms with Gasteiger partial charge in [0.1, 0.15) is 5.60 Å². The molecule has 0 spiro atoms. The van der Waals surface area contributed by atoms with Crippen LogP contribution in [0.25, 0.3) is 0 Å². The molecule has 2 atom stereocenters. The third kappa shape index (κ3) is 4.63. The molecule has 7 nitrogen and oxygen atoms in total. The van der Waals surface area contributed by atoms with Crippen LogP contribution in [0.2, 0.25) is 0 Å². The minimum atomic E-state index is -0.521. The van der Waals surface area contributed by atoms with Crippen LogP contribution in [0, 0.1) is 24.2 Å². The zero-order chi connectivity index (χ0) is 21.6.